The van der Waals surface area contributed by atoms with Gasteiger partial charge in [0.25, 0.3) is 0 Å². The summed E-state index contributed by atoms with van der Waals surface area (Å²) in [5.41, 5.74) is 0.597. The molecular formula is C14H10ClF3N4O2S. The van der Waals surface area contributed by atoms with Gasteiger partial charge in [-0.05, 0) is 24.3 Å². The van der Waals surface area contributed by atoms with E-state index in [0.29, 0.717) is 10.7 Å². The maximum absolute atomic E-state index is 12.5. The van der Waals surface area contributed by atoms with Crippen molar-refractivity contribution in [1.29, 1.82) is 0 Å². The zero-order chi connectivity index (χ0) is 18.2. The fraction of sp³-hybridized carbons (Fsp3) is 0.286. The second-order valence-corrected chi connectivity index (χ2v) is 6.70. The molecule has 1 unspecified atom stereocenters. The lowest BCUT2D eigenvalue weighted by Gasteiger charge is -2.16. The van der Waals surface area contributed by atoms with Gasteiger partial charge in [0.05, 0.1) is 5.92 Å². The Balaban J connectivity index is 1.66. The van der Waals surface area contributed by atoms with E-state index in [1.165, 1.54) is 4.90 Å². The van der Waals surface area contributed by atoms with Gasteiger partial charge in [0.2, 0.25) is 22.0 Å². The van der Waals surface area contributed by atoms with Crippen molar-refractivity contribution in [3.8, 4) is 0 Å². The Morgan fingerprint density at radius 2 is 1.96 bits per heavy atom. The highest BCUT2D eigenvalue weighted by Crippen LogP contribution is 2.33. The fourth-order valence-corrected chi connectivity index (χ4v) is 3.09. The molecule has 6 nitrogen and oxygen atoms in total. The van der Waals surface area contributed by atoms with Crippen LogP contribution >= 0.6 is 22.9 Å². The number of alkyl halides is 3. The summed E-state index contributed by atoms with van der Waals surface area (Å²) in [6.45, 7) is 0.122. The average Bonchev–Trinajstić information content (AvgIpc) is 3.15. The van der Waals surface area contributed by atoms with Crippen LogP contribution in [0, 0.1) is 5.92 Å². The summed E-state index contributed by atoms with van der Waals surface area (Å²) in [6, 6.07) is 6.55. The topological polar surface area (TPSA) is 75.2 Å². The number of anilines is 2. The zero-order valence-electron chi connectivity index (χ0n) is 12.4. The normalized spacial score (nSPS) is 17.8. The molecule has 2 aromatic rings. The monoisotopic (exact) mass is 390 g/mol. The van der Waals surface area contributed by atoms with Gasteiger partial charge in [0, 0.05) is 23.7 Å². The van der Waals surface area contributed by atoms with Gasteiger partial charge in [0.1, 0.15) is 0 Å². The molecule has 1 aliphatic heterocycles. The van der Waals surface area contributed by atoms with Crippen molar-refractivity contribution in [1.82, 2.24) is 10.2 Å². The third-order valence-corrected chi connectivity index (χ3v) is 4.67. The summed E-state index contributed by atoms with van der Waals surface area (Å²) in [4.78, 5) is 25.7. The van der Waals surface area contributed by atoms with E-state index in [1.807, 2.05) is 0 Å². The molecule has 0 spiro atoms. The molecule has 1 N–H and O–H groups in total. The fourth-order valence-electron chi connectivity index (χ4n) is 2.35. The summed E-state index contributed by atoms with van der Waals surface area (Å²) in [5, 5.41) is 7.69. The molecule has 3 rings (SSSR count). The van der Waals surface area contributed by atoms with Crippen molar-refractivity contribution in [3.63, 3.8) is 0 Å². The Kier molecular flexibility index (Phi) is 4.65. The van der Waals surface area contributed by atoms with Gasteiger partial charge in [-0.15, -0.1) is 10.2 Å². The predicted molar refractivity (Wildman–Crippen MR) is 85.5 cm³/mol. The third kappa shape index (κ3) is 3.90. The van der Waals surface area contributed by atoms with Gasteiger partial charge in [-0.25, -0.2) is 0 Å². The number of halogens is 4. The molecule has 0 saturated carbocycles. The second kappa shape index (κ2) is 6.60. The van der Waals surface area contributed by atoms with Crippen LogP contribution in [0.15, 0.2) is 24.3 Å². The molecule has 1 atom stereocenters. The quantitative estimate of drug-likeness (QED) is 0.873. The summed E-state index contributed by atoms with van der Waals surface area (Å²) in [6.07, 6.45) is -4.66. The van der Waals surface area contributed by atoms with E-state index in [1.54, 1.807) is 24.3 Å². The molecule has 1 aromatic heterocycles. The summed E-state index contributed by atoms with van der Waals surface area (Å²) < 4.78 is 37.5. The minimum absolute atomic E-state index is 0.0423. The first-order valence-corrected chi connectivity index (χ1v) is 8.21. The molecule has 25 heavy (non-hydrogen) atoms. The molecule has 0 aliphatic carbocycles. The Morgan fingerprint density at radius 1 is 1.28 bits per heavy atom. The highest BCUT2D eigenvalue weighted by Gasteiger charge is 2.38. The van der Waals surface area contributed by atoms with Crippen molar-refractivity contribution in [2.24, 2.45) is 5.92 Å². The van der Waals surface area contributed by atoms with Crippen LogP contribution in [0.1, 0.15) is 11.4 Å². The van der Waals surface area contributed by atoms with Gasteiger partial charge in [0.15, 0.2) is 0 Å². The lowest BCUT2D eigenvalue weighted by molar-refractivity contribution is -0.138. The van der Waals surface area contributed by atoms with E-state index in [9.17, 15) is 22.8 Å². The molecule has 1 fully saturated rings. The highest BCUT2D eigenvalue weighted by molar-refractivity contribution is 7.15. The minimum atomic E-state index is -4.62. The lowest BCUT2D eigenvalue weighted by atomic mass is 10.1. The molecule has 11 heteroatoms. The minimum Gasteiger partial charge on any atom is -0.312 e. The molecule has 2 amide bonds. The van der Waals surface area contributed by atoms with Crippen LogP contribution in [0.4, 0.5) is 24.0 Å². The number of nitrogens with one attached hydrogen (secondary N) is 1. The molecule has 1 aliphatic rings. The number of benzene rings is 1. The van der Waals surface area contributed by atoms with Crippen LogP contribution < -0.4 is 10.2 Å². The van der Waals surface area contributed by atoms with Crippen LogP contribution in [0.2, 0.25) is 5.02 Å². The first-order valence-electron chi connectivity index (χ1n) is 7.01. The zero-order valence-corrected chi connectivity index (χ0v) is 14.0. The second-order valence-electron chi connectivity index (χ2n) is 5.28. The first-order chi connectivity index (χ1) is 11.7. The van der Waals surface area contributed by atoms with Crippen molar-refractivity contribution in [2.75, 3.05) is 16.8 Å². The number of carbonyl (C=O) groups excluding carboxylic acids is 2. The number of rotatable bonds is 3. The van der Waals surface area contributed by atoms with Gasteiger partial charge in [-0.2, -0.15) is 13.2 Å². The van der Waals surface area contributed by atoms with Crippen LogP contribution in [-0.2, 0) is 15.8 Å². The number of hydrogen-bond donors (Lipinski definition) is 1. The van der Waals surface area contributed by atoms with E-state index in [2.05, 4.69) is 15.5 Å². The Bertz CT molecular complexity index is 809. The summed E-state index contributed by atoms with van der Waals surface area (Å²) in [7, 11) is 0. The standard InChI is InChI=1S/C14H10ClF3N4O2S/c15-8-1-3-9(4-2-8)22-6-7(5-10(22)23)11(24)19-13-21-20-12(25-13)14(16,17)18/h1-4,7H,5-6H2,(H,19,21,24). The van der Waals surface area contributed by atoms with Gasteiger partial charge in [-0.1, -0.05) is 22.9 Å². The largest absolute Gasteiger partial charge is 0.445 e. The van der Waals surface area contributed by atoms with E-state index in [0.717, 1.165) is 0 Å². The number of hydrogen-bond acceptors (Lipinski definition) is 5. The highest BCUT2D eigenvalue weighted by atomic mass is 35.5. The number of nitrogens with zero attached hydrogens (tertiary/aromatic N) is 3. The number of carbonyl (C=O) groups is 2. The van der Waals surface area contributed by atoms with Crippen molar-refractivity contribution >= 4 is 45.6 Å². The molecule has 1 saturated heterocycles. The number of amides is 2. The predicted octanol–water partition coefficient (Wildman–Crippen LogP) is 3.20. The van der Waals surface area contributed by atoms with E-state index < -0.39 is 23.0 Å². The third-order valence-electron chi connectivity index (χ3n) is 3.53. The molecule has 132 valence electrons. The van der Waals surface area contributed by atoms with Gasteiger partial charge >= 0.3 is 6.18 Å². The van der Waals surface area contributed by atoms with Crippen LogP contribution in [0.5, 0.6) is 0 Å². The Hall–Kier alpha value is -2.20. The summed E-state index contributed by atoms with van der Waals surface area (Å²) >= 11 is 6.03. The van der Waals surface area contributed by atoms with Gasteiger partial charge in [-0.3, -0.25) is 9.59 Å². The SMILES string of the molecule is O=C(Nc1nnc(C(F)(F)F)s1)C1CC(=O)N(c2ccc(Cl)cc2)C1. The van der Waals surface area contributed by atoms with Crippen molar-refractivity contribution in [2.45, 2.75) is 12.6 Å². The molecule has 2 heterocycles. The van der Waals surface area contributed by atoms with E-state index in [-0.39, 0.29) is 35.3 Å². The van der Waals surface area contributed by atoms with E-state index in [4.69, 9.17) is 11.6 Å². The Morgan fingerprint density at radius 3 is 2.56 bits per heavy atom. The van der Waals surface area contributed by atoms with Crippen LogP contribution in [0.25, 0.3) is 0 Å². The summed E-state index contributed by atoms with van der Waals surface area (Å²) in [5.74, 6) is -1.52. The lowest BCUT2D eigenvalue weighted by Crippen LogP contribution is -2.28. The average molecular weight is 391 g/mol. The smallest absolute Gasteiger partial charge is 0.312 e. The van der Waals surface area contributed by atoms with Crippen molar-refractivity contribution in [3.05, 3.63) is 34.3 Å². The van der Waals surface area contributed by atoms with Gasteiger partial charge < -0.3 is 10.2 Å². The molecule has 1 aromatic carbocycles. The van der Waals surface area contributed by atoms with E-state index >= 15 is 0 Å². The maximum Gasteiger partial charge on any atom is 0.445 e. The Labute approximate surface area is 148 Å². The number of aromatic nitrogens is 2. The van der Waals surface area contributed by atoms with Crippen LogP contribution in [0.3, 0.4) is 0 Å². The molecule has 0 bridgehead atoms. The molecule has 0 radical (unpaired) electrons. The molecular weight excluding hydrogens is 381 g/mol. The maximum atomic E-state index is 12.5. The van der Waals surface area contributed by atoms with Crippen molar-refractivity contribution < 1.29 is 22.8 Å². The van der Waals surface area contributed by atoms with Crippen LogP contribution in [-0.4, -0.2) is 28.6 Å². The first kappa shape index (κ1) is 17.6.